The Balaban J connectivity index is 2.95. The minimum Gasteiger partial charge on any atom is -0.381 e. The van der Waals surface area contributed by atoms with Crippen molar-refractivity contribution in [3.05, 3.63) is 17.0 Å². The molecule has 0 unspecified atom stereocenters. The van der Waals surface area contributed by atoms with Crippen LogP contribution < -0.4 is 5.73 Å². The predicted molar refractivity (Wildman–Crippen MR) is 49.0 cm³/mol. The summed E-state index contributed by atoms with van der Waals surface area (Å²) in [6.07, 6.45) is 2.18. The van der Waals surface area contributed by atoms with E-state index in [-0.39, 0.29) is 17.4 Å². The van der Waals surface area contributed by atoms with Gasteiger partial charge in [-0.25, -0.2) is 9.97 Å². The average molecular weight is 196 g/mol. The molecule has 5 heteroatoms. The van der Waals surface area contributed by atoms with Gasteiger partial charge in [0.25, 0.3) is 0 Å². The second kappa shape index (κ2) is 4.43. The third kappa shape index (κ3) is 2.73. The quantitative estimate of drug-likeness (QED) is 0.528. The number of carbonyl (C=O) groups is 1. The SMILES string of the molecule is Nc1ncc(Cl)nc1C#CCC=O. The zero-order valence-electron chi connectivity index (χ0n) is 6.62. The van der Waals surface area contributed by atoms with E-state index < -0.39 is 0 Å². The van der Waals surface area contributed by atoms with E-state index in [0.29, 0.717) is 12.0 Å². The summed E-state index contributed by atoms with van der Waals surface area (Å²) in [5, 5.41) is 0.226. The maximum absolute atomic E-state index is 9.95. The number of hydrogen-bond acceptors (Lipinski definition) is 4. The van der Waals surface area contributed by atoms with Crippen molar-refractivity contribution in [2.75, 3.05) is 5.73 Å². The van der Waals surface area contributed by atoms with Crippen molar-refractivity contribution in [3.63, 3.8) is 0 Å². The van der Waals surface area contributed by atoms with E-state index >= 15 is 0 Å². The van der Waals surface area contributed by atoms with Gasteiger partial charge in [-0.1, -0.05) is 17.5 Å². The first-order valence-corrected chi connectivity index (χ1v) is 3.82. The van der Waals surface area contributed by atoms with Gasteiger partial charge in [-0.2, -0.15) is 0 Å². The van der Waals surface area contributed by atoms with Crippen LogP contribution in [0.5, 0.6) is 0 Å². The molecular weight excluding hydrogens is 190 g/mol. The molecular formula is C8H6ClN3O. The van der Waals surface area contributed by atoms with Gasteiger partial charge in [-0.05, 0) is 5.92 Å². The highest BCUT2D eigenvalue weighted by atomic mass is 35.5. The number of rotatable bonds is 1. The van der Waals surface area contributed by atoms with Crippen molar-refractivity contribution < 1.29 is 4.79 Å². The summed E-state index contributed by atoms with van der Waals surface area (Å²) in [7, 11) is 0. The third-order valence-electron chi connectivity index (χ3n) is 1.16. The second-order valence-electron chi connectivity index (χ2n) is 2.10. The molecule has 0 amide bonds. The molecule has 0 saturated heterocycles. The van der Waals surface area contributed by atoms with Crippen molar-refractivity contribution in [1.29, 1.82) is 0 Å². The molecule has 0 radical (unpaired) electrons. The maximum atomic E-state index is 9.95. The van der Waals surface area contributed by atoms with Crippen molar-refractivity contribution in [1.82, 2.24) is 9.97 Å². The van der Waals surface area contributed by atoms with Crippen LogP contribution in [0.2, 0.25) is 5.15 Å². The average Bonchev–Trinajstić information content (AvgIpc) is 2.11. The molecule has 66 valence electrons. The Morgan fingerprint density at radius 2 is 2.46 bits per heavy atom. The minimum absolute atomic E-state index is 0.146. The molecule has 1 aromatic heterocycles. The number of nitrogen functional groups attached to an aromatic ring is 1. The number of carbonyl (C=O) groups excluding carboxylic acids is 1. The molecule has 0 aliphatic rings. The fourth-order valence-corrected chi connectivity index (χ4v) is 0.779. The van der Waals surface area contributed by atoms with Gasteiger partial charge in [-0.3, -0.25) is 0 Å². The standard InChI is InChI=1S/C8H6ClN3O/c9-7-5-11-8(10)6(12-7)3-1-2-4-13/h4-5H,2H2,(H2,10,11). The predicted octanol–water partition coefficient (Wildman–Crippen LogP) is 0.653. The van der Waals surface area contributed by atoms with Crippen LogP contribution in [0.3, 0.4) is 0 Å². The Morgan fingerprint density at radius 3 is 3.15 bits per heavy atom. The van der Waals surface area contributed by atoms with E-state index in [1.54, 1.807) is 0 Å². The second-order valence-corrected chi connectivity index (χ2v) is 2.49. The van der Waals surface area contributed by atoms with E-state index in [1.165, 1.54) is 6.20 Å². The lowest BCUT2D eigenvalue weighted by atomic mass is 10.4. The summed E-state index contributed by atoms with van der Waals surface area (Å²) in [5.74, 6) is 5.36. The van der Waals surface area contributed by atoms with Gasteiger partial charge in [0.05, 0.1) is 12.6 Å². The lowest BCUT2D eigenvalue weighted by Gasteiger charge is -1.94. The molecule has 0 saturated carbocycles. The molecule has 0 aliphatic heterocycles. The highest BCUT2D eigenvalue weighted by Crippen LogP contribution is 2.07. The first-order chi connectivity index (χ1) is 6.24. The minimum atomic E-state index is 0.146. The molecule has 2 N–H and O–H groups in total. The van der Waals surface area contributed by atoms with E-state index in [9.17, 15) is 4.79 Å². The zero-order chi connectivity index (χ0) is 9.68. The fourth-order valence-electron chi connectivity index (χ4n) is 0.645. The van der Waals surface area contributed by atoms with E-state index in [1.807, 2.05) is 0 Å². The number of halogens is 1. The van der Waals surface area contributed by atoms with E-state index in [0.717, 1.165) is 0 Å². The van der Waals surface area contributed by atoms with E-state index in [4.69, 9.17) is 17.3 Å². The van der Waals surface area contributed by atoms with Gasteiger partial charge in [0, 0.05) is 0 Å². The Bertz CT molecular complexity index is 381. The lowest BCUT2D eigenvalue weighted by molar-refractivity contribution is -0.107. The zero-order valence-corrected chi connectivity index (χ0v) is 7.38. The molecule has 1 heterocycles. The molecule has 1 aromatic rings. The summed E-state index contributed by atoms with van der Waals surface area (Å²) in [5.41, 5.74) is 5.75. The van der Waals surface area contributed by atoms with Crippen LogP contribution in [0, 0.1) is 11.8 Å². The highest BCUT2D eigenvalue weighted by Gasteiger charge is 1.98. The Morgan fingerprint density at radius 1 is 1.69 bits per heavy atom. The van der Waals surface area contributed by atoms with Crippen LogP contribution in [0.4, 0.5) is 5.82 Å². The molecule has 0 atom stereocenters. The highest BCUT2D eigenvalue weighted by molar-refractivity contribution is 6.29. The number of hydrogen-bond donors (Lipinski definition) is 1. The van der Waals surface area contributed by atoms with Gasteiger partial charge < -0.3 is 10.5 Å². The van der Waals surface area contributed by atoms with Crippen molar-refractivity contribution in [3.8, 4) is 11.8 Å². The smallest absolute Gasteiger partial charge is 0.158 e. The summed E-state index contributed by atoms with van der Waals surface area (Å²) >= 11 is 5.56. The monoisotopic (exact) mass is 195 g/mol. The van der Waals surface area contributed by atoms with Crippen molar-refractivity contribution in [2.24, 2.45) is 0 Å². The lowest BCUT2D eigenvalue weighted by Crippen LogP contribution is -1.97. The summed E-state index contributed by atoms with van der Waals surface area (Å²) < 4.78 is 0. The van der Waals surface area contributed by atoms with Gasteiger partial charge >= 0.3 is 0 Å². The van der Waals surface area contributed by atoms with Crippen LogP contribution in [0.15, 0.2) is 6.20 Å². The molecule has 13 heavy (non-hydrogen) atoms. The van der Waals surface area contributed by atoms with Crippen LogP contribution in [-0.4, -0.2) is 16.3 Å². The molecule has 0 aromatic carbocycles. The Kier molecular flexibility index (Phi) is 3.23. The molecule has 0 bridgehead atoms. The van der Waals surface area contributed by atoms with Gasteiger partial charge in [0.2, 0.25) is 0 Å². The number of aldehydes is 1. The van der Waals surface area contributed by atoms with Gasteiger partial charge in [-0.15, -0.1) is 0 Å². The number of nitrogens with two attached hydrogens (primary N) is 1. The fraction of sp³-hybridized carbons (Fsp3) is 0.125. The van der Waals surface area contributed by atoms with E-state index in [2.05, 4.69) is 21.8 Å². The topological polar surface area (TPSA) is 68.9 Å². The van der Waals surface area contributed by atoms with Crippen LogP contribution >= 0.6 is 11.6 Å². The molecule has 1 rings (SSSR count). The molecule has 0 fully saturated rings. The van der Waals surface area contributed by atoms with Gasteiger partial charge in [0.15, 0.2) is 11.5 Å². The molecule has 0 spiro atoms. The first kappa shape index (κ1) is 9.49. The normalized spacial score (nSPS) is 8.69. The number of nitrogens with zero attached hydrogens (tertiary/aromatic N) is 2. The summed E-state index contributed by atoms with van der Waals surface area (Å²) in [6, 6.07) is 0. The van der Waals surface area contributed by atoms with Crippen molar-refractivity contribution in [2.45, 2.75) is 6.42 Å². The largest absolute Gasteiger partial charge is 0.381 e. The molecule has 4 nitrogen and oxygen atoms in total. The Hall–Kier alpha value is -1.60. The number of anilines is 1. The van der Waals surface area contributed by atoms with Crippen LogP contribution in [0.25, 0.3) is 0 Å². The summed E-state index contributed by atoms with van der Waals surface area (Å²) in [6.45, 7) is 0. The number of aromatic nitrogens is 2. The van der Waals surface area contributed by atoms with Gasteiger partial charge in [0.1, 0.15) is 11.4 Å². The maximum Gasteiger partial charge on any atom is 0.158 e. The summed E-state index contributed by atoms with van der Waals surface area (Å²) in [4.78, 5) is 17.5. The van der Waals surface area contributed by atoms with Crippen LogP contribution in [-0.2, 0) is 4.79 Å². The molecule has 0 aliphatic carbocycles. The Labute approximate surface area is 80.1 Å². The third-order valence-corrected chi connectivity index (χ3v) is 1.35. The van der Waals surface area contributed by atoms with Crippen LogP contribution in [0.1, 0.15) is 12.1 Å². The van der Waals surface area contributed by atoms with Crippen molar-refractivity contribution >= 4 is 23.7 Å². The first-order valence-electron chi connectivity index (χ1n) is 3.44.